The molecular formula is C47H74O3. The summed E-state index contributed by atoms with van der Waals surface area (Å²) in [7, 11) is 0. The van der Waals surface area contributed by atoms with Gasteiger partial charge < -0.3 is 9.84 Å². The first kappa shape index (κ1) is 42.0. The molecule has 6 atom stereocenters. The second-order valence-corrected chi connectivity index (χ2v) is 16.4. The first-order valence-corrected chi connectivity index (χ1v) is 20.7. The highest BCUT2D eigenvalue weighted by molar-refractivity contribution is 5.69. The Morgan fingerprint density at radius 3 is 2.22 bits per heavy atom. The normalized spacial score (nSPS) is 28.3. The van der Waals surface area contributed by atoms with Crippen molar-refractivity contribution >= 4 is 5.97 Å². The number of esters is 1. The summed E-state index contributed by atoms with van der Waals surface area (Å²) in [6.45, 7) is 16.1. The van der Waals surface area contributed by atoms with Crippen molar-refractivity contribution in [3.63, 3.8) is 0 Å². The second kappa shape index (κ2) is 23.2. The van der Waals surface area contributed by atoms with Gasteiger partial charge in [0.1, 0.15) is 6.10 Å². The number of rotatable bonds is 21. The maximum atomic E-state index is 13.3. The van der Waals surface area contributed by atoms with Gasteiger partial charge in [0.25, 0.3) is 0 Å². The lowest BCUT2D eigenvalue weighted by atomic mass is 9.60. The summed E-state index contributed by atoms with van der Waals surface area (Å²) in [5, 5.41) is 10.3. The third-order valence-corrected chi connectivity index (χ3v) is 11.8. The van der Waals surface area contributed by atoms with E-state index in [0.717, 1.165) is 63.7 Å². The van der Waals surface area contributed by atoms with E-state index in [1.807, 2.05) is 0 Å². The minimum absolute atomic E-state index is 0.0104. The van der Waals surface area contributed by atoms with E-state index in [1.165, 1.54) is 74.5 Å². The van der Waals surface area contributed by atoms with Gasteiger partial charge in [0.15, 0.2) is 0 Å². The lowest BCUT2D eigenvalue weighted by Gasteiger charge is -2.44. The van der Waals surface area contributed by atoms with E-state index in [4.69, 9.17) is 4.74 Å². The van der Waals surface area contributed by atoms with E-state index < -0.39 is 0 Å². The molecule has 0 saturated heterocycles. The molecule has 3 saturated carbocycles. The van der Waals surface area contributed by atoms with Crippen LogP contribution in [0.1, 0.15) is 163 Å². The number of unbranched alkanes of at least 4 members (excludes halogenated alkanes) is 4. The number of allylic oxidation sites excluding steroid dienone is 12. The quantitative estimate of drug-likeness (QED) is 0.0742. The van der Waals surface area contributed by atoms with Crippen LogP contribution in [0.25, 0.3) is 0 Å². The van der Waals surface area contributed by atoms with Crippen molar-refractivity contribution in [2.45, 2.75) is 175 Å². The average molecular weight is 687 g/mol. The Balaban J connectivity index is 1.51. The topological polar surface area (TPSA) is 46.5 Å². The number of carbonyl (C=O) groups excluding carboxylic acids is 1. The molecular weight excluding hydrogens is 613 g/mol. The van der Waals surface area contributed by atoms with Gasteiger partial charge in [-0.05, 0) is 119 Å². The fourth-order valence-electron chi connectivity index (χ4n) is 8.98. The van der Waals surface area contributed by atoms with Crippen LogP contribution in [0.4, 0.5) is 0 Å². The molecule has 280 valence electrons. The summed E-state index contributed by atoms with van der Waals surface area (Å²) >= 11 is 0. The molecule has 0 radical (unpaired) electrons. The molecule has 0 amide bonds. The Morgan fingerprint density at radius 1 is 0.900 bits per heavy atom. The molecule has 3 fully saturated rings. The highest BCUT2D eigenvalue weighted by atomic mass is 16.5. The largest absolute Gasteiger partial charge is 0.462 e. The van der Waals surface area contributed by atoms with Crippen molar-refractivity contribution in [3.05, 3.63) is 84.1 Å². The second-order valence-electron chi connectivity index (χ2n) is 16.4. The Morgan fingerprint density at radius 2 is 1.56 bits per heavy atom. The van der Waals surface area contributed by atoms with Gasteiger partial charge in [-0.3, -0.25) is 4.79 Å². The smallest absolute Gasteiger partial charge is 0.306 e. The molecule has 3 aliphatic rings. The lowest BCUT2D eigenvalue weighted by molar-refractivity contribution is -0.153. The monoisotopic (exact) mass is 687 g/mol. The van der Waals surface area contributed by atoms with E-state index >= 15 is 0 Å². The summed E-state index contributed by atoms with van der Waals surface area (Å²) in [4.78, 5) is 13.3. The van der Waals surface area contributed by atoms with Crippen molar-refractivity contribution in [3.8, 4) is 0 Å². The number of aliphatic hydroxyl groups excluding tert-OH is 1. The Hall–Kier alpha value is -2.39. The zero-order chi connectivity index (χ0) is 36.2. The molecule has 0 aromatic carbocycles. The highest BCUT2D eigenvalue weighted by Crippen LogP contribution is 2.60. The van der Waals surface area contributed by atoms with Gasteiger partial charge in [-0.25, -0.2) is 0 Å². The van der Waals surface area contributed by atoms with Gasteiger partial charge in [-0.2, -0.15) is 0 Å². The molecule has 1 N–H and O–H groups in total. The van der Waals surface area contributed by atoms with Crippen LogP contribution in [0.3, 0.4) is 0 Å². The van der Waals surface area contributed by atoms with Crippen molar-refractivity contribution in [1.29, 1.82) is 0 Å². The number of hydrogen-bond acceptors (Lipinski definition) is 3. The standard InChI is InChI=1S/C47H74O3/c1-7-8-9-10-11-12-13-14-15-16-17-18-19-20-21-22-23-29-45(49)50-44-36-43-40(31-32-41-35-42(48)33-30-38(41)4)28-25-34-47(43,6)46(44)39(5)27-24-26-37(2)3/h11-12,14-15,17-18,20-21,31-32,37,39,42-44,46,48H,4,7-10,13,16,19,22-30,33-36H2,1-3,5-6H3/b12-11-,15-14-,18-17-,21-20-,40-31+,41-32+/t39-,42+,43+,44?,46+,47-/m1/s1. The first-order chi connectivity index (χ1) is 24.2. The van der Waals surface area contributed by atoms with Crippen LogP contribution in [-0.4, -0.2) is 23.3 Å². The molecule has 3 heteroatoms. The summed E-state index contributed by atoms with van der Waals surface area (Å²) in [5.74, 6) is 2.05. The van der Waals surface area contributed by atoms with E-state index in [1.54, 1.807) is 0 Å². The van der Waals surface area contributed by atoms with E-state index in [-0.39, 0.29) is 23.6 Å². The minimum Gasteiger partial charge on any atom is -0.462 e. The SMILES string of the molecule is C=C1CC[C@H](O)C/C1=C\C=C1/CCC[C@@]2(C)[C@@H]([C@H](C)CCCC(C)C)C(OC(=O)CCC/C=C\C/C=C\C/C=C\C/C=C\CCCCC)C[C@@H]12. The molecule has 0 aliphatic heterocycles. The minimum atomic E-state index is -0.254. The predicted octanol–water partition coefficient (Wildman–Crippen LogP) is 13.3. The van der Waals surface area contributed by atoms with Crippen LogP contribution in [0.5, 0.6) is 0 Å². The molecule has 0 aromatic heterocycles. The van der Waals surface area contributed by atoms with Crippen LogP contribution < -0.4 is 0 Å². The van der Waals surface area contributed by atoms with E-state index in [9.17, 15) is 9.90 Å². The Labute approximate surface area is 308 Å². The third-order valence-electron chi connectivity index (χ3n) is 11.8. The summed E-state index contributed by atoms with van der Waals surface area (Å²) in [6, 6.07) is 0. The van der Waals surface area contributed by atoms with Gasteiger partial charge in [0.2, 0.25) is 0 Å². The van der Waals surface area contributed by atoms with Gasteiger partial charge in [0.05, 0.1) is 6.10 Å². The van der Waals surface area contributed by atoms with E-state index in [2.05, 4.69) is 102 Å². The number of carbonyl (C=O) groups is 1. The van der Waals surface area contributed by atoms with Crippen molar-refractivity contribution in [2.75, 3.05) is 0 Å². The first-order valence-electron chi connectivity index (χ1n) is 20.7. The Kier molecular flexibility index (Phi) is 19.5. The molecule has 0 aromatic rings. The summed E-state index contributed by atoms with van der Waals surface area (Å²) in [6.07, 6.45) is 43.2. The number of fused-ring (bicyclic) bond motifs is 1. The van der Waals surface area contributed by atoms with Crippen molar-refractivity contribution in [2.24, 2.45) is 29.1 Å². The average Bonchev–Trinajstić information content (AvgIpc) is 3.38. The molecule has 0 heterocycles. The maximum absolute atomic E-state index is 13.3. The van der Waals surface area contributed by atoms with Gasteiger partial charge in [0, 0.05) is 12.3 Å². The molecule has 3 aliphatic carbocycles. The third kappa shape index (κ3) is 14.3. The molecule has 0 bridgehead atoms. The van der Waals surface area contributed by atoms with Gasteiger partial charge in [-0.15, -0.1) is 0 Å². The fourth-order valence-corrected chi connectivity index (χ4v) is 8.98. The molecule has 0 spiro atoms. The van der Waals surface area contributed by atoms with Crippen LogP contribution in [0.2, 0.25) is 0 Å². The van der Waals surface area contributed by atoms with E-state index in [0.29, 0.717) is 30.6 Å². The predicted molar refractivity (Wildman–Crippen MR) is 215 cm³/mol. The fraction of sp³-hybridized carbons (Fsp3) is 0.681. The molecule has 50 heavy (non-hydrogen) atoms. The number of aliphatic hydroxyl groups is 1. The highest BCUT2D eigenvalue weighted by Gasteiger charge is 2.56. The zero-order valence-corrected chi connectivity index (χ0v) is 32.9. The van der Waals surface area contributed by atoms with Crippen LogP contribution in [-0.2, 0) is 9.53 Å². The Bertz CT molecular complexity index is 1190. The lowest BCUT2D eigenvalue weighted by Crippen LogP contribution is -2.39. The van der Waals surface area contributed by atoms with Gasteiger partial charge in [-0.1, -0.05) is 145 Å². The van der Waals surface area contributed by atoms with Crippen LogP contribution in [0, 0.1) is 29.1 Å². The van der Waals surface area contributed by atoms with Crippen molar-refractivity contribution < 1.29 is 14.6 Å². The van der Waals surface area contributed by atoms with Crippen LogP contribution >= 0.6 is 0 Å². The summed E-state index contributed by atoms with van der Waals surface area (Å²) < 4.78 is 6.46. The maximum Gasteiger partial charge on any atom is 0.306 e. The van der Waals surface area contributed by atoms with Gasteiger partial charge >= 0.3 is 5.97 Å². The molecule has 3 rings (SSSR count). The van der Waals surface area contributed by atoms with Crippen LogP contribution in [0.15, 0.2) is 84.1 Å². The number of hydrogen-bond donors (Lipinski definition) is 1. The zero-order valence-electron chi connectivity index (χ0n) is 32.9. The summed E-state index contributed by atoms with van der Waals surface area (Å²) in [5.41, 5.74) is 4.03. The van der Waals surface area contributed by atoms with Crippen molar-refractivity contribution in [1.82, 2.24) is 0 Å². The molecule has 1 unspecified atom stereocenters. The number of ether oxygens (including phenoxy) is 1. The molecule has 3 nitrogen and oxygen atoms in total.